The van der Waals surface area contributed by atoms with E-state index in [4.69, 9.17) is 15.2 Å². The van der Waals surface area contributed by atoms with Crippen molar-refractivity contribution >= 4 is 18.3 Å². The maximum absolute atomic E-state index is 12.0. The van der Waals surface area contributed by atoms with E-state index in [0.717, 1.165) is 0 Å². The summed E-state index contributed by atoms with van der Waals surface area (Å²) in [4.78, 5) is 12.0. The van der Waals surface area contributed by atoms with Gasteiger partial charge in [-0.15, -0.1) is 12.4 Å². The van der Waals surface area contributed by atoms with Gasteiger partial charge in [0.05, 0.1) is 26.4 Å². The van der Waals surface area contributed by atoms with Crippen molar-refractivity contribution in [2.24, 2.45) is 11.1 Å². The normalized spacial score (nSPS) is 13.5. The smallest absolute Gasteiger partial charge is 0.237 e. The van der Waals surface area contributed by atoms with Gasteiger partial charge in [0.1, 0.15) is 11.5 Å². The van der Waals surface area contributed by atoms with Gasteiger partial charge < -0.3 is 25.6 Å². The van der Waals surface area contributed by atoms with Gasteiger partial charge in [0.2, 0.25) is 5.91 Å². The average Bonchev–Trinajstić information content (AvgIpc) is 2.49. The lowest BCUT2D eigenvalue weighted by atomic mass is 9.87. The molecule has 1 aromatic carbocycles. The third kappa shape index (κ3) is 5.89. The number of hydrogen-bond donors (Lipinski definition) is 3. The third-order valence-electron chi connectivity index (χ3n) is 3.48. The molecule has 1 aromatic rings. The summed E-state index contributed by atoms with van der Waals surface area (Å²) in [6.07, 6.45) is -0.916. The molecule has 1 amide bonds. The molecule has 0 radical (unpaired) electrons. The van der Waals surface area contributed by atoms with E-state index in [1.54, 1.807) is 25.3 Å². The molecule has 6 nitrogen and oxygen atoms in total. The maximum Gasteiger partial charge on any atom is 0.237 e. The van der Waals surface area contributed by atoms with Gasteiger partial charge in [0, 0.05) is 12.1 Å². The molecule has 0 fully saturated rings. The summed E-state index contributed by atoms with van der Waals surface area (Å²) < 4.78 is 10.4. The van der Waals surface area contributed by atoms with Crippen molar-refractivity contribution in [2.75, 3.05) is 20.8 Å². The number of methoxy groups -OCH3 is 2. The minimum absolute atomic E-state index is 0. The molecule has 132 valence electrons. The first-order valence-electron chi connectivity index (χ1n) is 7.14. The minimum Gasteiger partial charge on any atom is -0.497 e. The summed E-state index contributed by atoms with van der Waals surface area (Å²) in [5.74, 6) is 0.837. The first kappa shape index (κ1) is 21.5. The standard InChI is InChI=1S/C16H26N2O4.ClH/c1-16(2,3)14(17)15(20)18-9-12(19)11-8-10(21-4)6-7-13(11)22-5;/h6-8,12,14,19H,9,17H2,1-5H3,(H,18,20);1H/t12?,14-;/m1./s1. The van der Waals surface area contributed by atoms with Crippen LogP contribution < -0.4 is 20.5 Å². The molecule has 0 aromatic heterocycles. The second-order valence-corrected chi connectivity index (χ2v) is 6.21. The van der Waals surface area contributed by atoms with Gasteiger partial charge in [0.25, 0.3) is 0 Å². The molecule has 0 spiro atoms. The molecule has 0 saturated heterocycles. The fraction of sp³-hybridized carbons (Fsp3) is 0.562. The van der Waals surface area contributed by atoms with Crippen LogP contribution in [0.1, 0.15) is 32.4 Å². The van der Waals surface area contributed by atoms with Crippen LogP contribution in [0, 0.1) is 5.41 Å². The number of nitrogens with two attached hydrogens (primary N) is 1. The van der Waals surface area contributed by atoms with Gasteiger partial charge in [-0.3, -0.25) is 4.79 Å². The van der Waals surface area contributed by atoms with E-state index in [-0.39, 0.29) is 30.3 Å². The fourth-order valence-corrected chi connectivity index (χ4v) is 1.91. The van der Waals surface area contributed by atoms with E-state index in [9.17, 15) is 9.90 Å². The van der Waals surface area contributed by atoms with E-state index >= 15 is 0 Å². The Hall–Kier alpha value is -1.50. The molecule has 4 N–H and O–H groups in total. The SMILES string of the molecule is COc1ccc(OC)c(C(O)CNC(=O)[C@@H](N)C(C)(C)C)c1.Cl. The zero-order valence-corrected chi connectivity index (χ0v) is 15.1. The van der Waals surface area contributed by atoms with Gasteiger partial charge in [-0.25, -0.2) is 0 Å². The monoisotopic (exact) mass is 346 g/mol. The number of halogens is 1. The zero-order valence-electron chi connectivity index (χ0n) is 14.3. The molecule has 0 saturated carbocycles. The number of aliphatic hydroxyl groups is 1. The number of aliphatic hydroxyl groups excluding tert-OH is 1. The summed E-state index contributed by atoms with van der Waals surface area (Å²) in [5.41, 5.74) is 6.09. The Kier molecular flexibility index (Phi) is 8.37. The second kappa shape index (κ2) is 8.96. The molecule has 7 heteroatoms. The Bertz CT molecular complexity index is 517. The topological polar surface area (TPSA) is 93.8 Å². The third-order valence-corrected chi connectivity index (χ3v) is 3.48. The number of benzene rings is 1. The summed E-state index contributed by atoms with van der Waals surface area (Å²) in [6, 6.07) is 4.48. The highest BCUT2D eigenvalue weighted by molar-refractivity contribution is 5.85. The molecule has 0 bridgehead atoms. The van der Waals surface area contributed by atoms with Crippen molar-refractivity contribution in [3.8, 4) is 11.5 Å². The zero-order chi connectivity index (χ0) is 16.9. The van der Waals surface area contributed by atoms with E-state index in [0.29, 0.717) is 17.1 Å². The van der Waals surface area contributed by atoms with Crippen molar-refractivity contribution in [1.82, 2.24) is 5.32 Å². The lowest BCUT2D eigenvalue weighted by molar-refractivity contribution is -0.125. The highest BCUT2D eigenvalue weighted by Crippen LogP contribution is 2.29. The van der Waals surface area contributed by atoms with Gasteiger partial charge in [0.15, 0.2) is 0 Å². The van der Waals surface area contributed by atoms with E-state index in [1.807, 2.05) is 20.8 Å². The number of carbonyl (C=O) groups is 1. The van der Waals surface area contributed by atoms with E-state index < -0.39 is 12.1 Å². The lowest BCUT2D eigenvalue weighted by Crippen LogP contribution is -2.49. The predicted octanol–water partition coefficient (Wildman–Crippen LogP) is 1.65. The van der Waals surface area contributed by atoms with Crippen molar-refractivity contribution in [3.05, 3.63) is 23.8 Å². The van der Waals surface area contributed by atoms with Crippen LogP contribution in [0.3, 0.4) is 0 Å². The molecule has 0 aliphatic rings. The maximum atomic E-state index is 12.0. The van der Waals surface area contributed by atoms with Crippen molar-refractivity contribution in [1.29, 1.82) is 0 Å². The van der Waals surface area contributed by atoms with Crippen LogP contribution >= 0.6 is 12.4 Å². The minimum atomic E-state index is -0.916. The molecular formula is C16H27ClN2O4. The van der Waals surface area contributed by atoms with E-state index in [1.165, 1.54) is 7.11 Å². The molecule has 0 aliphatic carbocycles. The summed E-state index contributed by atoms with van der Waals surface area (Å²) >= 11 is 0. The second-order valence-electron chi connectivity index (χ2n) is 6.21. The number of rotatable bonds is 6. The quantitative estimate of drug-likeness (QED) is 0.728. The molecular weight excluding hydrogens is 320 g/mol. The molecule has 23 heavy (non-hydrogen) atoms. The van der Waals surface area contributed by atoms with Crippen LogP contribution in [0.4, 0.5) is 0 Å². The first-order valence-corrected chi connectivity index (χ1v) is 7.14. The number of carbonyl (C=O) groups excluding carboxylic acids is 1. The summed E-state index contributed by atoms with van der Waals surface area (Å²) in [5, 5.41) is 13.0. The van der Waals surface area contributed by atoms with Crippen LogP contribution in [-0.2, 0) is 4.79 Å². The van der Waals surface area contributed by atoms with Crippen molar-refractivity contribution in [2.45, 2.75) is 32.9 Å². The Morgan fingerprint density at radius 3 is 2.39 bits per heavy atom. The van der Waals surface area contributed by atoms with Gasteiger partial charge in [-0.1, -0.05) is 20.8 Å². The number of ether oxygens (including phenoxy) is 2. The number of amides is 1. The summed E-state index contributed by atoms with van der Waals surface area (Å²) in [7, 11) is 3.06. The highest BCUT2D eigenvalue weighted by atomic mass is 35.5. The van der Waals surface area contributed by atoms with Crippen molar-refractivity contribution in [3.63, 3.8) is 0 Å². The van der Waals surface area contributed by atoms with Crippen LogP contribution in [-0.4, -0.2) is 37.8 Å². The number of nitrogens with one attached hydrogen (secondary N) is 1. The summed E-state index contributed by atoms with van der Waals surface area (Å²) in [6.45, 7) is 5.71. The Morgan fingerprint density at radius 2 is 1.91 bits per heavy atom. The molecule has 0 heterocycles. The van der Waals surface area contributed by atoms with E-state index in [2.05, 4.69) is 5.32 Å². The molecule has 2 atom stereocenters. The van der Waals surface area contributed by atoms with Gasteiger partial charge >= 0.3 is 0 Å². The van der Waals surface area contributed by atoms with Crippen LogP contribution in [0.25, 0.3) is 0 Å². The van der Waals surface area contributed by atoms with Crippen LogP contribution in [0.5, 0.6) is 11.5 Å². The van der Waals surface area contributed by atoms with Crippen LogP contribution in [0.15, 0.2) is 18.2 Å². The Labute approximate surface area is 143 Å². The fourth-order valence-electron chi connectivity index (χ4n) is 1.91. The van der Waals surface area contributed by atoms with Crippen molar-refractivity contribution < 1.29 is 19.4 Å². The number of hydrogen-bond acceptors (Lipinski definition) is 5. The Morgan fingerprint density at radius 1 is 1.30 bits per heavy atom. The van der Waals surface area contributed by atoms with Gasteiger partial charge in [-0.2, -0.15) is 0 Å². The van der Waals surface area contributed by atoms with Gasteiger partial charge in [-0.05, 0) is 23.6 Å². The average molecular weight is 347 g/mol. The first-order chi connectivity index (χ1) is 10.2. The highest BCUT2D eigenvalue weighted by Gasteiger charge is 2.27. The Balaban J connectivity index is 0.00000484. The molecule has 0 aliphatic heterocycles. The predicted molar refractivity (Wildman–Crippen MR) is 92.2 cm³/mol. The lowest BCUT2D eigenvalue weighted by Gasteiger charge is -2.26. The largest absolute Gasteiger partial charge is 0.497 e. The molecule has 1 unspecified atom stereocenters. The molecule has 1 rings (SSSR count). The van der Waals surface area contributed by atoms with Crippen LogP contribution in [0.2, 0.25) is 0 Å².